The molecule has 0 spiro atoms. The fourth-order valence-corrected chi connectivity index (χ4v) is 15.4. The third-order valence-electron chi connectivity index (χ3n) is 17.7. The molecule has 8 heterocycles. The Balaban J connectivity index is 0.000000168. The summed E-state index contributed by atoms with van der Waals surface area (Å²) in [4.78, 5) is 0. The molecule has 4 N–H and O–H groups in total. The van der Waals surface area contributed by atoms with Gasteiger partial charge in [0.25, 0.3) is 0 Å². The molecule has 302 valence electrons. The zero-order valence-electron chi connectivity index (χ0n) is 29.7. The molecule has 8 bridgehead atoms. The van der Waals surface area contributed by atoms with Crippen molar-refractivity contribution in [2.75, 3.05) is 6.61 Å². The Hall–Kier alpha value is -0.320. The first-order chi connectivity index (χ1) is 23.0. The van der Waals surface area contributed by atoms with Gasteiger partial charge >= 0.3 is 0 Å². The van der Waals surface area contributed by atoms with Crippen LogP contribution in [0.1, 0.15) is 134 Å². The first-order valence-electron chi connectivity index (χ1n) is 20.4. The predicted octanol–water partition coefficient (Wildman–Crippen LogP) is 7.02. The molecule has 0 aromatic carbocycles. The quantitative estimate of drug-likeness (QED) is 0.244. The molecule has 52 heavy (non-hydrogen) atoms. The number of hydrogen-bond donors (Lipinski definition) is 4. The van der Waals surface area contributed by atoms with Crippen LogP contribution < -0.4 is 0 Å². The molecule has 0 aromatic heterocycles. The van der Waals surface area contributed by atoms with Crippen LogP contribution in [0.2, 0.25) is 0 Å². The number of aliphatic hydroxyl groups excluding tert-OH is 1. The van der Waals surface area contributed by atoms with Crippen LogP contribution in [0, 0.1) is 71.0 Å². The first kappa shape index (κ1) is 41.3. The number of fused-ring (bicyclic) bond motifs is 18. The molecule has 8 aliphatic heterocycles. The molecule has 20 unspecified atom stereocenters. The average Bonchev–Trinajstić information content (AvgIpc) is 3.90. The molecule has 8 nitrogen and oxygen atoms in total. The summed E-state index contributed by atoms with van der Waals surface area (Å²) in [7, 11) is 0. The van der Waals surface area contributed by atoms with E-state index in [1.807, 2.05) is 0 Å². The van der Waals surface area contributed by atoms with Crippen molar-refractivity contribution in [1.82, 2.24) is 0 Å². The molecule has 11 aliphatic rings. The molecule has 8 heteroatoms. The second-order valence-corrected chi connectivity index (χ2v) is 19.4. The van der Waals surface area contributed by atoms with Gasteiger partial charge in [0.05, 0.1) is 65.6 Å². The summed E-state index contributed by atoms with van der Waals surface area (Å²) in [5.74, 6) is 4.50. The van der Waals surface area contributed by atoms with E-state index in [2.05, 4.69) is 27.7 Å². The summed E-state index contributed by atoms with van der Waals surface area (Å²) in [6.45, 7) is 9.41. The van der Waals surface area contributed by atoms with Crippen molar-refractivity contribution in [3.63, 3.8) is 0 Å². The maximum atomic E-state index is 11.6. The van der Waals surface area contributed by atoms with E-state index in [0.717, 1.165) is 77.0 Å². The van der Waals surface area contributed by atoms with Gasteiger partial charge in [-0.2, -0.15) is 0 Å². The number of rotatable bonds is 4. The van der Waals surface area contributed by atoms with E-state index in [1.165, 1.54) is 0 Å². The van der Waals surface area contributed by atoms with Crippen LogP contribution in [0.25, 0.3) is 0 Å². The maximum Gasteiger partial charge on any atom is 0.0705 e. The van der Waals surface area contributed by atoms with Crippen LogP contribution in [0.4, 0.5) is 0 Å². The molecule has 3 aliphatic carbocycles. The van der Waals surface area contributed by atoms with Gasteiger partial charge in [0.1, 0.15) is 0 Å². The van der Waals surface area contributed by atoms with Crippen molar-refractivity contribution in [1.29, 1.82) is 0 Å². The minimum Gasteiger partial charge on any atom is -0.396 e. The van der Waals surface area contributed by atoms with Gasteiger partial charge < -0.3 is 39.4 Å². The highest BCUT2D eigenvalue weighted by molar-refractivity contribution is 5.23. The van der Waals surface area contributed by atoms with Gasteiger partial charge in [-0.15, -0.1) is 0 Å². The van der Waals surface area contributed by atoms with Crippen LogP contribution in [0.3, 0.4) is 0 Å². The monoisotopic (exact) mass is 735 g/mol. The Kier molecular flexibility index (Phi) is 11.1. The topological polar surface area (TPSA) is 118 Å². The molecular formula is C44H78O8. The van der Waals surface area contributed by atoms with Crippen molar-refractivity contribution in [2.45, 2.75) is 200 Å². The summed E-state index contributed by atoms with van der Waals surface area (Å²) >= 11 is 0. The average molecular weight is 735 g/mol. The van der Waals surface area contributed by atoms with Gasteiger partial charge in [0.2, 0.25) is 0 Å². The maximum absolute atomic E-state index is 11.6. The molecule has 0 amide bonds. The minimum absolute atomic E-state index is 0. The lowest BCUT2D eigenvalue weighted by atomic mass is 9.53. The molecule has 20 atom stereocenters. The zero-order chi connectivity index (χ0) is 33.1. The lowest BCUT2D eigenvalue weighted by Gasteiger charge is -2.50. The molecule has 0 aromatic rings. The Morgan fingerprint density at radius 2 is 0.654 bits per heavy atom. The smallest absolute Gasteiger partial charge is 0.0705 e. The van der Waals surface area contributed by atoms with E-state index < -0.39 is 16.8 Å². The molecular weight excluding hydrogens is 656 g/mol. The Morgan fingerprint density at radius 1 is 0.404 bits per heavy atom. The van der Waals surface area contributed by atoms with Gasteiger partial charge in [-0.1, -0.05) is 95.9 Å². The van der Waals surface area contributed by atoms with E-state index in [1.54, 1.807) is 0 Å². The van der Waals surface area contributed by atoms with Crippen LogP contribution >= 0.6 is 0 Å². The Bertz CT molecular complexity index is 1210. The lowest BCUT2D eigenvalue weighted by Crippen LogP contribution is -2.60. The molecule has 3 saturated carbocycles. The van der Waals surface area contributed by atoms with E-state index in [0.29, 0.717) is 71.8 Å². The van der Waals surface area contributed by atoms with Crippen LogP contribution in [-0.4, -0.2) is 92.7 Å². The fourth-order valence-electron chi connectivity index (χ4n) is 15.4. The highest BCUT2D eigenvalue weighted by Crippen LogP contribution is 2.69. The number of hydrogen-bond acceptors (Lipinski definition) is 8. The number of aliphatic hydroxyl groups is 4. The Morgan fingerprint density at radius 3 is 0.981 bits per heavy atom. The van der Waals surface area contributed by atoms with Crippen molar-refractivity contribution in [3.8, 4) is 0 Å². The summed E-state index contributed by atoms with van der Waals surface area (Å²) in [6.07, 6.45) is 13.5. The van der Waals surface area contributed by atoms with E-state index in [9.17, 15) is 20.4 Å². The summed E-state index contributed by atoms with van der Waals surface area (Å²) in [6, 6.07) is 0. The van der Waals surface area contributed by atoms with E-state index in [4.69, 9.17) is 18.9 Å². The standard InChI is InChI=1S/C22H34O4.C18H28O4.4CH4/c1-11-12(2)18-14-13(17(11)25-18)19-15(21(23)7-3-4-8-21)16(20(14)26-19)22(24)9-5-6-10-22;1-8-9(2)15-12-11(14(8)21-15)16-10(7-19)13(17(12)22-16)18(20)5-3-4-6-18;;;;/h11-20,23-24H,3-10H2,1-2H3;8-17,19-20H,3-7H2,1-2H3;4*1H4. The summed E-state index contributed by atoms with van der Waals surface area (Å²) in [5.41, 5.74) is -1.89. The second kappa shape index (κ2) is 14.0. The molecule has 0 radical (unpaired) electrons. The van der Waals surface area contributed by atoms with Crippen molar-refractivity contribution in [2.24, 2.45) is 71.0 Å². The van der Waals surface area contributed by atoms with Crippen molar-refractivity contribution >= 4 is 0 Å². The second-order valence-electron chi connectivity index (χ2n) is 19.4. The third kappa shape index (κ3) is 5.19. The predicted molar refractivity (Wildman–Crippen MR) is 203 cm³/mol. The SMILES string of the molecule is C.C.C.C.CC1C(C)C2OC1C1C3OC(C21)C(C1(O)CCCC1)C3C1(O)CCCC1.CC1C(C)C2OC1C1C3OC(C21)C(C1(O)CCCC1)C3CO. The van der Waals surface area contributed by atoms with Crippen LogP contribution in [0.5, 0.6) is 0 Å². The first-order valence-corrected chi connectivity index (χ1v) is 20.4. The minimum atomic E-state index is -0.635. The van der Waals surface area contributed by atoms with Gasteiger partial charge in [0.15, 0.2) is 0 Å². The molecule has 11 rings (SSSR count). The van der Waals surface area contributed by atoms with Crippen molar-refractivity contribution < 1.29 is 39.4 Å². The Labute approximate surface area is 316 Å². The normalized spacial score (nSPS) is 55.2. The summed E-state index contributed by atoms with van der Waals surface area (Å²) in [5, 5.41) is 44.5. The summed E-state index contributed by atoms with van der Waals surface area (Å²) < 4.78 is 25.9. The van der Waals surface area contributed by atoms with E-state index in [-0.39, 0.29) is 84.4 Å². The van der Waals surface area contributed by atoms with Crippen LogP contribution in [0.15, 0.2) is 0 Å². The van der Waals surface area contributed by atoms with Gasteiger partial charge in [0, 0.05) is 54.0 Å². The number of ether oxygens (including phenoxy) is 4. The lowest BCUT2D eigenvalue weighted by molar-refractivity contribution is -0.127. The fraction of sp³-hybridized carbons (Fsp3) is 1.00. The highest BCUT2D eigenvalue weighted by Gasteiger charge is 2.76. The molecule has 8 saturated heterocycles. The van der Waals surface area contributed by atoms with Gasteiger partial charge in [-0.05, 0) is 62.2 Å². The van der Waals surface area contributed by atoms with Crippen molar-refractivity contribution in [3.05, 3.63) is 0 Å². The van der Waals surface area contributed by atoms with E-state index >= 15 is 0 Å². The third-order valence-corrected chi connectivity index (χ3v) is 17.7. The molecule has 11 fully saturated rings. The van der Waals surface area contributed by atoms with Crippen LogP contribution in [-0.2, 0) is 18.9 Å². The largest absolute Gasteiger partial charge is 0.396 e. The van der Waals surface area contributed by atoms with Gasteiger partial charge in [-0.3, -0.25) is 0 Å². The highest BCUT2D eigenvalue weighted by atomic mass is 16.6. The zero-order valence-corrected chi connectivity index (χ0v) is 29.7. The van der Waals surface area contributed by atoms with Gasteiger partial charge in [-0.25, -0.2) is 0 Å².